The average molecular weight is 421 g/mol. The maximum Gasteiger partial charge on any atom is 0.290 e. The number of hydrogen-bond acceptors (Lipinski definition) is 7. The van der Waals surface area contributed by atoms with Gasteiger partial charge in [0.15, 0.2) is 5.76 Å². The van der Waals surface area contributed by atoms with Crippen LogP contribution in [0.3, 0.4) is 0 Å². The Labute approximate surface area is 177 Å². The molecule has 0 aliphatic carbocycles. The molecule has 7 nitrogen and oxygen atoms in total. The van der Waals surface area contributed by atoms with Gasteiger partial charge in [-0.3, -0.25) is 14.6 Å². The number of aliphatic hydroxyl groups is 1. The number of Topliss-reactive ketones (excluding diaryl/α,β-unsaturated/α-hetero) is 1. The Balaban J connectivity index is 1.83. The third-order valence-electron chi connectivity index (χ3n) is 4.92. The minimum atomic E-state index is -0.848. The molecule has 1 aliphatic heterocycles. The molecule has 30 heavy (non-hydrogen) atoms. The first kappa shape index (κ1) is 19.8. The molecule has 0 saturated carbocycles. The van der Waals surface area contributed by atoms with Crippen LogP contribution in [-0.2, 0) is 11.3 Å². The predicted octanol–water partition coefficient (Wildman–Crippen LogP) is 3.64. The number of nitrogens with zero attached hydrogens (tertiary/aromatic N) is 3. The SMILES string of the molecule is Cc1nc(C)c(C(=O)C2=C(O)C(=O)N(Cc3cccnc3)C2c2cccc(O)c2)s1. The van der Waals surface area contributed by atoms with E-state index in [1.807, 2.05) is 6.07 Å². The van der Waals surface area contributed by atoms with E-state index in [1.165, 1.54) is 28.4 Å². The van der Waals surface area contributed by atoms with E-state index >= 15 is 0 Å². The van der Waals surface area contributed by atoms with E-state index < -0.39 is 23.5 Å². The molecular weight excluding hydrogens is 402 g/mol. The molecule has 1 aromatic carbocycles. The summed E-state index contributed by atoms with van der Waals surface area (Å²) in [5, 5.41) is 21.4. The second-order valence-corrected chi connectivity index (χ2v) is 8.23. The summed E-state index contributed by atoms with van der Waals surface area (Å²) in [6.45, 7) is 3.67. The largest absolute Gasteiger partial charge is 0.508 e. The molecule has 2 aromatic heterocycles. The highest BCUT2D eigenvalue weighted by Crippen LogP contribution is 2.41. The topological polar surface area (TPSA) is 104 Å². The van der Waals surface area contributed by atoms with E-state index in [1.54, 1.807) is 44.4 Å². The number of thiazole rings is 1. The molecule has 2 N–H and O–H groups in total. The van der Waals surface area contributed by atoms with E-state index in [-0.39, 0.29) is 17.9 Å². The van der Waals surface area contributed by atoms with Gasteiger partial charge in [0.25, 0.3) is 5.91 Å². The Morgan fingerprint density at radius 2 is 2.00 bits per heavy atom. The summed E-state index contributed by atoms with van der Waals surface area (Å²) in [6, 6.07) is 9.06. The molecule has 3 heterocycles. The summed E-state index contributed by atoms with van der Waals surface area (Å²) in [6.07, 6.45) is 3.25. The first-order valence-corrected chi connectivity index (χ1v) is 10.1. The summed E-state index contributed by atoms with van der Waals surface area (Å²) in [5.41, 5.74) is 1.82. The lowest BCUT2D eigenvalue weighted by molar-refractivity contribution is -0.130. The van der Waals surface area contributed by atoms with Crippen molar-refractivity contribution in [1.82, 2.24) is 14.9 Å². The Bertz CT molecular complexity index is 1170. The monoisotopic (exact) mass is 421 g/mol. The fourth-order valence-corrected chi connectivity index (χ4v) is 4.52. The van der Waals surface area contributed by atoms with Crippen molar-refractivity contribution in [2.75, 3.05) is 0 Å². The molecule has 0 saturated heterocycles. The number of aromatic nitrogens is 2. The molecule has 0 bridgehead atoms. The van der Waals surface area contributed by atoms with Gasteiger partial charge in [0.05, 0.1) is 27.2 Å². The summed E-state index contributed by atoms with van der Waals surface area (Å²) in [7, 11) is 0. The highest BCUT2D eigenvalue weighted by Gasteiger charge is 2.44. The zero-order valence-electron chi connectivity index (χ0n) is 16.4. The molecule has 0 radical (unpaired) electrons. The van der Waals surface area contributed by atoms with Crippen LogP contribution in [0.25, 0.3) is 0 Å². The number of rotatable bonds is 5. The number of phenolic OH excluding ortho intramolecular Hbond substituents is 1. The highest BCUT2D eigenvalue weighted by molar-refractivity contribution is 7.14. The van der Waals surface area contributed by atoms with Crippen LogP contribution in [0.1, 0.15) is 37.5 Å². The Kier molecular flexibility index (Phi) is 5.09. The van der Waals surface area contributed by atoms with E-state index in [9.17, 15) is 19.8 Å². The molecule has 152 valence electrons. The standard InChI is InChI=1S/C22H19N3O4S/c1-12-21(30-13(2)24-12)19(27)17-18(15-6-3-7-16(26)9-15)25(22(29)20(17)28)11-14-5-4-8-23-10-14/h3-10,18,26,28H,11H2,1-2H3. The first-order chi connectivity index (χ1) is 14.4. The van der Waals surface area contributed by atoms with Crippen LogP contribution < -0.4 is 0 Å². The number of aromatic hydroxyl groups is 1. The predicted molar refractivity (Wildman–Crippen MR) is 111 cm³/mol. The molecule has 4 rings (SSSR count). The zero-order chi connectivity index (χ0) is 21.4. The maximum atomic E-state index is 13.4. The van der Waals surface area contributed by atoms with Crippen molar-refractivity contribution >= 4 is 23.0 Å². The number of ketones is 1. The quantitative estimate of drug-likeness (QED) is 0.610. The Morgan fingerprint density at radius 3 is 2.63 bits per heavy atom. The number of aryl methyl sites for hydroxylation is 2. The summed E-state index contributed by atoms with van der Waals surface area (Å²) in [5.74, 6) is -1.66. The molecule has 3 aromatic rings. The second-order valence-electron chi connectivity index (χ2n) is 7.03. The van der Waals surface area contributed by atoms with Crippen LogP contribution in [-0.4, -0.2) is 36.8 Å². The Morgan fingerprint density at radius 1 is 1.20 bits per heavy atom. The van der Waals surface area contributed by atoms with Crippen molar-refractivity contribution in [2.45, 2.75) is 26.4 Å². The summed E-state index contributed by atoms with van der Waals surface area (Å²) < 4.78 is 0. The smallest absolute Gasteiger partial charge is 0.290 e. The van der Waals surface area contributed by atoms with Gasteiger partial charge >= 0.3 is 0 Å². The second kappa shape index (κ2) is 7.72. The molecule has 1 atom stereocenters. The molecule has 1 aliphatic rings. The van der Waals surface area contributed by atoms with E-state index in [0.717, 1.165) is 10.6 Å². The summed E-state index contributed by atoms with van der Waals surface area (Å²) in [4.78, 5) is 36.6. The summed E-state index contributed by atoms with van der Waals surface area (Å²) >= 11 is 1.22. The van der Waals surface area contributed by atoms with Gasteiger partial charge in [0.2, 0.25) is 5.78 Å². The fourth-order valence-electron chi connectivity index (χ4n) is 3.64. The van der Waals surface area contributed by atoms with Crippen LogP contribution >= 0.6 is 11.3 Å². The molecule has 1 unspecified atom stereocenters. The van der Waals surface area contributed by atoms with Crippen LogP contribution in [0.2, 0.25) is 0 Å². The zero-order valence-corrected chi connectivity index (χ0v) is 17.2. The fraction of sp³-hybridized carbons (Fsp3) is 0.182. The van der Waals surface area contributed by atoms with E-state index in [4.69, 9.17) is 0 Å². The van der Waals surface area contributed by atoms with Crippen molar-refractivity contribution in [1.29, 1.82) is 0 Å². The van der Waals surface area contributed by atoms with Gasteiger partial charge in [-0.15, -0.1) is 11.3 Å². The van der Waals surface area contributed by atoms with Gasteiger partial charge in [0, 0.05) is 18.9 Å². The molecular formula is C22H19N3O4S. The van der Waals surface area contributed by atoms with Gasteiger partial charge in [-0.25, -0.2) is 4.98 Å². The van der Waals surface area contributed by atoms with Crippen molar-refractivity contribution < 1.29 is 19.8 Å². The lowest BCUT2D eigenvalue weighted by atomic mass is 9.94. The maximum absolute atomic E-state index is 13.4. The van der Waals surface area contributed by atoms with Crippen LogP contribution in [0.15, 0.2) is 60.1 Å². The third kappa shape index (κ3) is 3.46. The lowest BCUT2D eigenvalue weighted by Crippen LogP contribution is -2.30. The van der Waals surface area contributed by atoms with Gasteiger partial charge in [-0.2, -0.15) is 0 Å². The van der Waals surface area contributed by atoms with Crippen LogP contribution in [0.4, 0.5) is 0 Å². The number of amides is 1. The molecule has 0 fully saturated rings. The van der Waals surface area contributed by atoms with Crippen molar-refractivity contribution in [3.8, 4) is 5.75 Å². The van der Waals surface area contributed by atoms with E-state index in [2.05, 4.69) is 9.97 Å². The van der Waals surface area contributed by atoms with Crippen molar-refractivity contribution in [2.24, 2.45) is 0 Å². The lowest BCUT2D eigenvalue weighted by Gasteiger charge is -2.27. The van der Waals surface area contributed by atoms with Crippen molar-refractivity contribution in [3.63, 3.8) is 0 Å². The number of carbonyl (C=O) groups is 2. The number of carbonyl (C=O) groups excluding carboxylic acids is 2. The van der Waals surface area contributed by atoms with Gasteiger partial charge in [-0.1, -0.05) is 18.2 Å². The molecule has 1 amide bonds. The van der Waals surface area contributed by atoms with Gasteiger partial charge in [-0.05, 0) is 43.2 Å². The molecule has 8 heteroatoms. The number of hydrogen-bond donors (Lipinski definition) is 2. The average Bonchev–Trinajstić information content (AvgIpc) is 3.19. The van der Waals surface area contributed by atoms with Gasteiger partial charge < -0.3 is 15.1 Å². The first-order valence-electron chi connectivity index (χ1n) is 9.27. The Hall–Kier alpha value is -3.52. The minimum absolute atomic E-state index is 0.00396. The normalized spacial score (nSPS) is 16.4. The van der Waals surface area contributed by atoms with Crippen molar-refractivity contribution in [3.05, 3.63) is 86.8 Å². The van der Waals surface area contributed by atoms with Gasteiger partial charge in [0.1, 0.15) is 5.75 Å². The van der Waals surface area contributed by atoms with Crippen LogP contribution in [0.5, 0.6) is 5.75 Å². The molecule has 0 spiro atoms. The number of benzene rings is 1. The third-order valence-corrected chi connectivity index (χ3v) is 5.99. The van der Waals surface area contributed by atoms with Crippen LogP contribution in [0, 0.1) is 13.8 Å². The number of aliphatic hydroxyl groups excluding tert-OH is 1. The van der Waals surface area contributed by atoms with E-state index in [0.29, 0.717) is 16.1 Å². The number of pyridine rings is 1. The number of phenols is 1. The highest BCUT2D eigenvalue weighted by atomic mass is 32.1. The minimum Gasteiger partial charge on any atom is -0.508 e.